The number of nitrogens with zero attached hydrogens (tertiary/aromatic N) is 6. The van der Waals surface area contributed by atoms with Crippen LogP contribution >= 0.6 is 0 Å². The van der Waals surface area contributed by atoms with Gasteiger partial charge in [0.15, 0.2) is 18.1 Å². The normalized spacial score (nSPS) is 11.6. The minimum atomic E-state index is -4.61. The van der Waals surface area contributed by atoms with Crippen LogP contribution in [0.25, 0.3) is 16.9 Å². The van der Waals surface area contributed by atoms with Gasteiger partial charge < -0.3 is 10.1 Å². The van der Waals surface area contributed by atoms with Gasteiger partial charge in [0.05, 0.1) is 23.7 Å². The van der Waals surface area contributed by atoms with Gasteiger partial charge in [-0.05, 0) is 6.07 Å². The Morgan fingerprint density at radius 1 is 1.26 bits per heavy atom. The molecule has 4 aromatic heterocycles. The number of nitrogens with one attached hydrogen (secondary N) is 1. The number of imidazole rings is 1. The molecule has 0 aliphatic carbocycles. The quantitative estimate of drug-likeness (QED) is 0.382. The molecule has 0 aromatic carbocycles. The Hall–Kier alpha value is -4.03. The molecule has 1 N–H and O–H groups in total. The summed E-state index contributed by atoms with van der Waals surface area (Å²) in [6.45, 7) is -0.606. The predicted octanol–water partition coefficient (Wildman–Crippen LogP) is 2.70. The van der Waals surface area contributed by atoms with Crippen LogP contribution < -0.4 is 10.1 Å². The van der Waals surface area contributed by atoms with Crippen LogP contribution in [0.2, 0.25) is 0 Å². The van der Waals surface area contributed by atoms with Crippen molar-refractivity contribution < 1.29 is 27.1 Å². The summed E-state index contributed by atoms with van der Waals surface area (Å²) >= 11 is 0. The molecule has 0 aliphatic heterocycles. The fourth-order valence-electron chi connectivity index (χ4n) is 2.84. The molecule has 0 spiro atoms. The van der Waals surface area contributed by atoms with Crippen molar-refractivity contribution in [3.63, 3.8) is 0 Å². The van der Waals surface area contributed by atoms with E-state index in [2.05, 4.69) is 25.4 Å². The van der Waals surface area contributed by atoms with Gasteiger partial charge in [-0.3, -0.25) is 18.9 Å². The van der Waals surface area contributed by atoms with Crippen LogP contribution in [0.4, 0.5) is 23.4 Å². The highest BCUT2D eigenvalue weighted by molar-refractivity contribution is 5.91. The van der Waals surface area contributed by atoms with Crippen molar-refractivity contribution in [2.45, 2.75) is 6.18 Å². The van der Waals surface area contributed by atoms with Crippen molar-refractivity contribution in [1.82, 2.24) is 29.1 Å². The molecule has 0 aliphatic rings. The average Bonchev–Trinajstić information content (AvgIpc) is 3.30. The maximum atomic E-state index is 14.5. The second kappa shape index (κ2) is 7.66. The van der Waals surface area contributed by atoms with Crippen LogP contribution in [-0.4, -0.2) is 41.6 Å². The van der Waals surface area contributed by atoms with Crippen molar-refractivity contribution in [2.75, 3.05) is 11.9 Å². The molecular weight excluding hydrogens is 422 g/mol. The SMILES string of the molecule is Cn1nc(NC(=O)COc2ccc(-c3cnc4cnccn34)c(F)n2)cc1C(F)(F)F. The summed E-state index contributed by atoms with van der Waals surface area (Å²) in [6.07, 6.45) is 1.52. The van der Waals surface area contributed by atoms with Gasteiger partial charge in [0.1, 0.15) is 5.69 Å². The number of amides is 1. The smallest absolute Gasteiger partial charge is 0.433 e. The fraction of sp³-hybridized carbons (Fsp3) is 0.167. The Morgan fingerprint density at radius 3 is 2.77 bits per heavy atom. The van der Waals surface area contributed by atoms with Crippen molar-refractivity contribution >= 4 is 17.4 Å². The monoisotopic (exact) mass is 435 g/mol. The molecule has 0 saturated heterocycles. The zero-order chi connectivity index (χ0) is 22.2. The number of carbonyl (C=O) groups is 1. The molecule has 0 unspecified atom stereocenters. The van der Waals surface area contributed by atoms with E-state index in [1.54, 1.807) is 10.6 Å². The molecule has 0 saturated carbocycles. The Labute approximate surface area is 171 Å². The van der Waals surface area contributed by atoms with Crippen LogP contribution in [0.5, 0.6) is 5.88 Å². The van der Waals surface area contributed by atoms with Gasteiger partial charge in [0.25, 0.3) is 5.91 Å². The van der Waals surface area contributed by atoms with E-state index in [9.17, 15) is 22.4 Å². The molecule has 4 aromatic rings. The number of aromatic nitrogens is 6. The summed E-state index contributed by atoms with van der Waals surface area (Å²) in [4.78, 5) is 23.7. The Bertz CT molecular complexity index is 1270. The number of carbonyl (C=O) groups excluding carboxylic acids is 1. The second-order valence-corrected chi connectivity index (χ2v) is 6.31. The Kier molecular flexibility index (Phi) is 5.01. The first-order valence-electron chi connectivity index (χ1n) is 8.70. The van der Waals surface area contributed by atoms with Gasteiger partial charge in [0.2, 0.25) is 11.8 Å². The largest absolute Gasteiger partial charge is 0.467 e. The van der Waals surface area contributed by atoms with E-state index in [1.807, 2.05) is 0 Å². The summed E-state index contributed by atoms with van der Waals surface area (Å²) in [5, 5.41) is 5.75. The number of aryl methyl sites for hydroxylation is 1. The van der Waals surface area contributed by atoms with E-state index >= 15 is 0 Å². The van der Waals surface area contributed by atoms with E-state index in [0.717, 1.165) is 7.05 Å². The molecule has 0 radical (unpaired) electrons. The topological polar surface area (TPSA) is 99.2 Å². The number of hydrogen-bond donors (Lipinski definition) is 1. The molecule has 1 amide bonds. The number of anilines is 1. The first-order chi connectivity index (χ1) is 14.7. The number of rotatable bonds is 5. The molecule has 0 atom stereocenters. The lowest BCUT2D eigenvalue weighted by Crippen LogP contribution is -2.21. The minimum Gasteiger partial charge on any atom is -0.467 e. The molecule has 0 fully saturated rings. The molecule has 4 rings (SSSR count). The van der Waals surface area contributed by atoms with Crippen LogP contribution in [0.15, 0.2) is 43.0 Å². The molecule has 31 heavy (non-hydrogen) atoms. The minimum absolute atomic E-state index is 0.156. The highest BCUT2D eigenvalue weighted by atomic mass is 19.4. The van der Waals surface area contributed by atoms with E-state index in [0.29, 0.717) is 22.1 Å². The van der Waals surface area contributed by atoms with Crippen LogP contribution in [0.1, 0.15) is 5.69 Å². The van der Waals surface area contributed by atoms with Crippen LogP contribution in [0.3, 0.4) is 0 Å². The third-order valence-corrected chi connectivity index (χ3v) is 4.21. The molecule has 0 bridgehead atoms. The van der Waals surface area contributed by atoms with E-state index in [1.165, 1.54) is 30.7 Å². The number of alkyl halides is 3. The maximum Gasteiger partial charge on any atom is 0.433 e. The number of fused-ring (bicyclic) bond motifs is 1. The second-order valence-electron chi connectivity index (χ2n) is 6.31. The lowest BCUT2D eigenvalue weighted by atomic mass is 10.2. The lowest BCUT2D eigenvalue weighted by molar-refractivity contribution is -0.143. The van der Waals surface area contributed by atoms with Gasteiger partial charge in [-0.2, -0.15) is 27.6 Å². The van der Waals surface area contributed by atoms with Crippen LogP contribution in [-0.2, 0) is 18.0 Å². The van der Waals surface area contributed by atoms with Crippen molar-refractivity contribution in [2.24, 2.45) is 7.05 Å². The molecular formula is C18H13F4N7O2. The number of hydrogen-bond acceptors (Lipinski definition) is 6. The summed E-state index contributed by atoms with van der Waals surface area (Å²) in [7, 11) is 1.10. The summed E-state index contributed by atoms with van der Waals surface area (Å²) < 4.78 is 60.2. The number of ether oxygens (including phenoxy) is 1. The number of halogens is 4. The standard InChI is InChI=1S/C18H13F4N7O2/c1-28-12(18(20,21)22)6-13(27-28)25-15(30)9-31-16-3-2-10(17(19)26-16)11-7-24-14-8-23-4-5-29(11)14/h2-8H,9H2,1H3,(H,25,27,30). The average molecular weight is 435 g/mol. The first-order valence-corrected chi connectivity index (χ1v) is 8.70. The fourth-order valence-corrected chi connectivity index (χ4v) is 2.84. The van der Waals surface area contributed by atoms with Gasteiger partial charge >= 0.3 is 6.18 Å². The third-order valence-electron chi connectivity index (χ3n) is 4.21. The zero-order valence-electron chi connectivity index (χ0n) is 15.8. The van der Waals surface area contributed by atoms with E-state index < -0.39 is 30.3 Å². The lowest BCUT2D eigenvalue weighted by Gasteiger charge is -2.07. The third kappa shape index (κ3) is 4.15. The highest BCUT2D eigenvalue weighted by Crippen LogP contribution is 2.30. The van der Waals surface area contributed by atoms with Gasteiger partial charge in [-0.25, -0.2) is 4.98 Å². The van der Waals surface area contributed by atoms with Crippen molar-refractivity contribution in [3.05, 3.63) is 54.6 Å². The molecule has 4 heterocycles. The molecule has 13 heteroatoms. The zero-order valence-corrected chi connectivity index (χ0v) is 15.8. The summed E-state index contributed by atoms with van der Waals surface area (Å²) in [5.41, 5.74) is 0.106. The van der Waals surface area contributed by atoms with Gasteiger partial charge in [0, 0.05) is 31.6 Å². The van der Waals surface area contributed by atoms with Gasteiger partial charge in [-0.1, -0.05) is 0 Å². The van der Waals surface area contributed by atoms with E-state index in [-0.39, 0.29) is 17.3 Å². The summed E-state index contributed by atoms with van der Waals surface area (Å²) in [5.74, 6) is -2.10. The summed E-state index contributed by atoms with van der Waals surface area (Å²) in [6, 6.07) is 3.46. The molecule has 160 valence electrons. The first kappa shape index (κ1) is 20.3. The Balaban J connectivity index is 1.42. The molecule has 9 nitrogen and oxygen atoms in total. The van der Waals surface area contributed by atoms with Crippen molar-refractivity contribution in [3.8, 4) is 17.1 Å². The highest BCUT2D eigenvalue weighted by Gasteiger charge is 2.35. The Morgan fingerprint density at radius 2 is 2.06 bits per heavy atom. The van der Waals surface area contributed by atoms with Crippen LogP contribution in [0, 0.1) is 5.95 Å². The van der Waals surface area contributed by atoms with E-state index in [4.69, 9.17) is 4.74 Å². The predicted molar refractivity (Wildman–Crippen MR) is 98.5 cm³/mol. The number of pyridine rings is 1. The van der Waals surface area contributed by atoms with Crippen molar-refractivity contribution in [1.29, 1.82) is 0 Å². The maximum absolute atomic E-state index is 14.5. The van der Waals surface area contributed by atoms with Gasteiger partial charge in [-0.15, -0.1) is 0 Å².